The Morgan fingerprint density at radius 3 is 2.62 bits per heavy atom. The Morgan fingerprint density at radius 1 is 1.10 bits per heavy atom. The Bertz CT molecular complexity index is 628. The summed E-state index contributed by atoms with van der Waals surface area (Å²) in [5.74, 6) is 0.552. The lowest BCUT2D eigenvalue weighted by atomic mass is 10.2. The minimum Gasteiger partial charge on any atom is -0.487 e. The highest BCUT2D eigenvalue weighted by atomic mass is 79.9. The van der Waals surface area contributed by atoms with Crippen molar-refractivity contribution in [2.75, 3.05) is 0 Å². The molecule has 3 rings (SSSR count). The highest BCUT2D eigenvalue weighted by Crippen LogP contribution is 2.31. The summed E-state index contributed by atoms with van der Waals surface area (Å²) in [7, 11) is 0. The van der Waals surface area contributed by atoms with Crippen molar-refractivity contribution in [3.8, 4) is 5.75 Å². The number of hydrogen-bond donors (Lipinski definition) is 1. The molecule has 4 heteroatoms. The fourth-order valence-electron chi connectivity index (χ4n) is 2.16. The van der Waals surface area contributed by atoms with E-state index in [1.807, 2.05) is 24.3 Å². The molecule has 21 heavy (non-hydrogen) atoms. The van der Waals surface area contributed by atoms with Gasteiger partial charge in [-0.3, -0.25) is 0 Å². The summed E-state index contributed by atoms with van der Waals surface area (Å²) < 4.78 is 20.4. The first-order chi connectivity index (χ1) is 10.2. The van der Waals surface area contributed by atoms with Gasteiger partial charge in [-0.1, -0.05) is 30.3 Å². The molecule has 0 aromatic heterocycles. The lowest BCUT2D eigenvalue weighted by Crippen LogP contribution is -2.16. The molecule has 2 aromatic carbocycles. The van der Waals surface area contributed by atoms with E-state index in [0.29, 0.717) is 11.6 Å². The maximum absolute atomic E-state index is 13.7. The molecule has 0 spiro atoms. The minimum absolute atomic E-state index is 0.228. The Morgan fingerprint density at radius 2 is 1.86 bits per heavy atom. The molecule has 0 heterocycles. The molecule has 2 nitrogen and oxygen atoms in total. The predicted octanol–water partition coefficient (Wildman–Crippen LogP) is 4.42. The standard InChI is InChI=1S/C17H17BrFNO/c18-15-6-3-5-12(10-20-14-8-9-14)17(15)21-11-13-4-1-2-7-16(13)19/h1-7,14,20H,8-11H2. The highest BCUT2D eigenvalue weighted by Gasteiger charge is 2.21. The number of nitrogens with one attached hydrogen (secondary N) is 1. The van der Waals surface area contributed by atoms with Gasteiger partial charge in [0, 0.05) is 23.7 Å². The molecular weight excluding hydrogens is 333 g/mol. The minimum atomic E-state index is -0.234. The Balaban J connectivity index is 1.72. The molecule has 0 saturated heterocycles. The molecule has 0 aliphatic heterocycles. The van der Waals surface area contributed by atoms with Crippen LogP contribution in [0, 0.1) is 5.82 Å². The molecular formula is C17H17BrFNO. The Hall–Kier alpha value is -1.39. The SMILES string of the molecule is Fc1ccccc1COc1c(Br)cccc1CNC1CC1. The van der Waals surface area contributed by atoms with E-state index < -0.39 is 0 Å². The van der Waals surface area contributed by atoms with Crippen LogP contribution in [0.3, 0.4) is 0 Å². The molecule has 0 amide bonds. The van der Waals surface area contributed by atoms with Gasteiger partial charge >= 0.3 is 0 Å². The zero-order valence-electron chi connectivity index (χ0n) is 11.6. The molecule has 1 N–H and O–H groups in total. The topological polar surface area (TPSA) is 21.3 Å². The molecule has 2 aromatic rings. The number of ether oxygens (including phenoxy) is 1. The van der Waals surface area contributed by atoms with Crippen molar-refractivity contribution >= 4 is 15.9 Å². The van der Waals surface area contributed by atoms with Gasteiger partial charge in [0.15, 0.2) is 0 Å². The second-order valence-electron chi connectivity index (χ2n) is 5.26. The van der Waals surface area contributed by atoms with E-state index in [-0.39, 0.29) is 12.4 Å². The molecule has 1 saturated carbocycles. The van der Waals surface area contributed by atoms with Crippen LogP contribution in [0.25, 0.3) is 0 Å². The third-order valence-electron chi connectivity index (χ3n) is 3.54. The third-order valence-corrected chi connectivity index (χ3v) is 4.16. The predicted molar refractivity (Wildman–Crippen MR) is 84.7 cm³/mol. The molecule has 0 atom stereocenters. The smallest absolute Gasteiger partial charge is 0.138 e. The first kappa shape index (κ1) is 14.5. The molecule has 0 bridgehead atoms. The van der Waals surface area contributed by atoms with Gasteiger partial charge in [0.1, 0.15) is 18.2 Å². The average molecular weight is 350 g/mol. The molecule has 110 valence electrons. The largest absolute Gasteiger partial charge is 0.487 e. The molecule has 0 radical (unpaired) electrons. The van der Waals surface area contributed by atoms with E-state index in [2.05, 4.69) is 21.2 Å². The molecule has 0 unspecified atom stereocenters. The van der Waals surface area contributed by atoms with E-state index >= 15 is 0 Å². The van der Waals surface area contributed by atoms with Crippen LogP contribution in [-0.4, -0.2) is 6.04 Å². The van der Waals surface area contributed by atoms with Gasteiger partial charge in [-0.25, -0.2) is 4.39 Å². The van der Waals surface area contributed by atoms with Gasteiger partial charge in [-0.2, -0.15) is 0 Å². The van der Waals surface area contributed by atoms with Crippen LogP contribution >= 0.6 is 15.9 Å². The normalized spacial score (nSPS) is 14.2. The average Bonchev–Trinajstić information content (AvgIpc) is 3.30. The van der Waals surface area contributed by atoms with Crippen LogP contribution in [-0.2, 0) is 13.2 Å². The maximum atomic E-state index is 13.7. The van der Waals surface area contributed by atoms with Gasteiger partial charge in [-0.15, -0.1) is 0 Å². The zero-order chi connectivity index (χ0) is 14.7. The molecule has 1 aliphatic carbocycles. The van der Waals surface area contributed by atoms with E-state index in [4.69, 9.17) is 4.74 Å². The monoisotopic (exact) mass is 349 g/mol. The zero-order valence-corrected chi connectivity index (χ0v) is 13.2. The van der Waals surface area contributed by atoms with Crippen molar-refractivity contribution in [1.82, 2.24) is 5.32 Å². The van der Waals surface area contributed by atoms with Crippen LogP contribution < -0.4 is 10.1 Å². The summed E-state index contributed by atoms with van der Waals surface area (Å²) in [6.45, 7) is 1.00. The number of para-hydroxylation sites is 1. The van der Waals surface area contributed by atoms with Crippen LogP contribution in [0.5, 0.6) is 5.75 Å². The highest BCUT2D eigenvalue weighted by molar-refractivity contribution is 9.10. The fourth-order valence-corrected chi connectivity index (χ4v) is 2.68. The third kappa shape index (κ3) is 3.83. The lowest BCUT2D eigenvalue weighted by molar-refractivity contribution is 0.294. The number of halogens is 2. The Kier molecular flexibility index (Phi) is 4.56. The van der Waals surface area contributed by atoms with Crippen molar-refractivity contribution in [2.45, 2.75) is 32.0 Å². The second kappa shape index (κ2) is 6.58. The Labute approximate surface area is 132 Å². The van der Waals surface area contributed by atoms with Crippen LogP contribution in [0.1, 0.15) is 24.0 Å². The van der Waals surface area contributed by atoms with Crippen molar-refractivity contribution in [3.05, 3.63) is 63.9 Å². The second-order valence-corrected chi connectivity index (χ2v) is 6.12. The number of benzene rings is 2. The maximum Gasteiger partial charge on any atom is 0.138 e. The summed E-state index contributed by atoms with van der Waals surface area (Å²) in [5.41, 5.74) is 1.65. The van der Waals surface area contributed by atoms with Crippen LogP contribution in [0.4, 0.5) is 4.39 Å². The van der Waals surface area contributed by atoms with E-state index in [1.54, 1.807) is 12.1 Å². The first-order valence-corrected chi connectivity index (χ1v) is 7.90. The summed E-state index contributed by atoms with van der Waals surface area (Å²) in [6.07, 6.45) is 2.50. The van der Waals surface area contributed by atoms with Crippen molar-refractivity contribution < 1.29 is 9.13 Å². The summed E-state index contributed by atoms with van der Waals surface area (Å²) in [6, 6.07) is 13.3. The van der Waals surface area contributed by atoms with E-state index in [1.165, 1.54) is 18.9 Å². The van der Waals surface area contributed by atoms with Gasteiger partial charge in [-0.05, 0) is 40.9 Å². The number of hydrogen-bond acceptors (Lipinski definition) is 2. The van der Waals surface area contributed by atoms with Gasteiger partial charge in [0.25, 0.3) is 0 Å². The number of rotatable bonds is 6. The summed E-state index contributed by atoms with van der Waals surface area (Å²) in [4.78, 5) is 0. The van der Waals surface area contributed by atoms with Crippen molar-refractivity contribution in [3.63, 3.8) is 0 Å². The first-order valence-electron chi connectivity index (χ1n) is 7.11. The van der Waals surface area contributed by atoms with Gasteiger partial charge in [0.05, 0.1) is 4.47 Å². The van der Waals surface area contributed by atoms with Crippen LogP contribution in [0.2, 0.25) is 0 Å². The summed E-state index contributed by atoms with van der Waals surface area (Å²) >= 11 is 3.52. The quantitative estimate of drug-likeness (QED) is 0.833. The fraction of sp³-hybridized carbons (Fsp3) is 0.294. The molecule has 1 fully saturated rings. The van der Waals surface area contributed by atoms with Gasteiger partial charge in [0.2, 0.25) is 0 Å². The lowest BCUT2D eigenvalue weighted by Gasteiger charge is -2.14. The summed E-state index contributed by atoms with van der Waals surface area (Å²) in [5, 5.41) is 3.48. The van der Waals surface area contributed by atoms with E-state index in [0.717, 1.165) is 22.3 Å². The molecule has 1 aliphatic rings. The van der Waals surface area contributed by atoms with Crippen molar-refractivity contribution in [1.29, 1.82) is 0 Å². The van der Waals surface area contributed by atoms with E-state index in [9.17, 15) is 4.39 Å². The van der Waals surface area contributed by atoms with Gasteiger partial charge < -0.3 is 10.1 Å². The van der Waals surface area contributed by atoms with Crippen LogP contribution in [0.15, 0.2) is 46.9 Å². The van der Waals surface area contributed by atoms with Crippen molar-refractivity contribution in [2.24, 2.45) is 0 Å².